The molecule has 1 aromatic carbocycles. The van der Waals surface area contributed by atoms with Gasteiger partial charge in [0.15, 0.2) is 0 Å². The Morgan fingerprint density at radius 3 is 2.52 bits per heavy atom. The number of hydrogen-bond acceptors (Lipinski definition) is 2. The zero-order valence-electron chi connectivity index (χ0n) is 14.2. The number of rotatable bonds is 3. The first-order valence-corrected chi connectivity index (χ1v) is 8.10. The third-order valence-corrected chi connectivity index (χ3v) is 5.23. The van der Waals surface area contributed by atoms with Gasteiger partial charge in [-0.15, -0.1) is 0 Å². The number of hydrogen-bond donors (Lipinski definition) is 1. The second kappa shape index (κ2) is 5.22. The second-order valence-electron chi connectivity index (χ2n) is 7.53. The number of nitrogens with two attached hydrogens (primary N) is 1. The van der Waals surface area contributed by atoms with Crippen LogP contribution in [0.4, 0.5) is 5.69 Å². The van der Waals surface area contributed by atoms with Gasteiger partial charge in [0.1, 0.15) is 6.04 Å². The summed E-state index contributed by atoms with van der Waals surface area (Å²) in [6.45, 7) is 8.32. The Morgan fingerprint density at radius 2 is 1.91 bits per heavy atom. The lowest BCUT2D eigenvalue weighted by Gasteiger charge is -2.24. The molecule has 1 aliphatic carbocycles. The van der Waals surface area contributed by atoms with E-state index in [-0.39, 0.29) is 23.2 Å². The molecule has 0 aromatic heterocycles. The zero-order valence-corrected chi connectivity index (χ0v) is 14.2. The Kier molecular flexibility index (Phi) is 3.58. The summed E-state index contributed by atoms with van der Waals surface area (Å²) in [4.78, 5) is 26.7. The number of carbonyl (C=O) groups excluding carboxylic acids is 2. The molecule has 0 radical (unpaired) electrons. The van der Waals surface area contributed by atoms with Gasteiger partial charge < -0.3 is 5.73 Å². The van der Waals surface area contributed by atoms with Crippen LogP contribution in [0.15, 0.2) is 35.9 Å². The van der Waals surface area contributed by atoms with E-state index in [1.807, 2.05) is 38.1 Å². The van der Waals surface area contributed by atoms with Crippen molar-refractivity contribution in [3.8, 4) is 0 Å². The molecule has 122 valence electrons. The van der Waals surface area contributed by atoms with Crippen molar-refractivity contribution in [3.05, 3.63) is 41.5 Å². The minimum Gasteiger partial charge on any atom is -0.368 e. The van der Waals surface area contributed by atoms with Crippen LogP contribution in [0.2, 0.25) is 0 Å². The molecule has 1 aliphatic heterocycles. The van der Waals surface area contributed by atoms with E-state index in [0.29, 0.717) is 6.42 Å². The Balaban J connectivity index is 1.95. The summed E-state index contributed by atoms with van der Waals surface area (Å²) in [5.41, 5.74) is 8.55. The van der Waals surface area contributed by atoms with Gasteiger partial charge in [0, 0.05) is 12.1 Å². The van der Waals surface area contributed by atoms with Crippen molar-refractivity contribution in [1.29, 1.82) is 0 Å². The molecule has 0 unspecified atom stereocenters. The summed E-state index contributed by atoms with van der Waals surface area (Å²) < 4.78 is 0. The molecule has 1 heterocycles. The lowest BCUT2D eigenvalue weighted by molar-refractivity contribution is -0.125. The Labute approximate surface area is 137 Å². The molecular weight excluding hydrogens is 288 g/mol. The van der Waals surface area contributed by atoms with Gasteiger partial charge in [-0.05, 0) is 36.8 Å². The molecular formula is C19H24N2O2. The first kappa shape index (κ1) is 15.8. The number of fused-ring (bicyclic) bond motifs is 1. The maximum Gasteiger partial charge on any atom is 0.240 e. The fourth-order valence-electron chi connectivity index (χ4n) is 3.86. The average molecular weight is 312 g/mol. The van der Waals surface area contributed by atoms with Crippen LogP contribution in [0.3, 0.4) is 0 Å². The fourth-order valence-corrected chi connectivity index (χ4v) is 3.86. The van der Waals surface area contributed by atoms with Gasteiger partial charge in [-0.3, -0.25) is 14.5 Å². The highest BCUT2D eigenvalue weighted by molar-refractivity contribution is 6.05. The minimum atomic E-state index is -0.566. The van der Waals surface area contributed by atoms with Gasteiger partial charge in [-0.25, -0.2) is 0 Å². The van der Waals surface area contributed by atoms with Crippen molar-refractivity contribution in [2.75, 3.05) is 4.90 Å². The zero-order chi connectivity index (χ0) is 16.9. The van der Waals surface area contributed by atoms with Crippen molar-refractivity contribution in [3.63, 3.8) is 0 Å². The fraction of sp³-hybridized carbons (Fsp3) is 0.474. The highest BCUT2D eigenvalue weighted by atomic mass is 16.2. The monoisotopic (exact) mass is 312 g/mol. The summed E-state index contributed by atoms with van der Waals surface area (Å²) in [5, 5.41) is 0. The lowest BCUT2D eigenvalue weighted by Crippen LogP contribution is -2.47. The van der Waals surface area contributed by atoms with Gasteiger partial charge in [-0.2, -0.15) is 0 Å². The molecule has 23 heavy (non-hydrogen) atoms. The number of primary amides is 1. The molecule has 4 heteroatoms. The van der Waals surface area contributed by atoms with Crippen LogP contribution in [0.1, 0.15) is 33.3 Å². The third kappa shape index (κ3) is 2.46. The van der Waals surface area contributed by atoms with E-state index in [1.54, 1.807) is 4.90 Å². The highest BCUT2D eigenvalue weighted by Gasteiger charge is 2.62. The smallest absolute Gasteiger partial charge is 0.240 e. The van der Waals surface area contributed by atoms with E-state index >= 15 is 0 Å². The predicted octanol–water partition coefficient (Wildman–Crippen LogP) is 2.67. The number of anilines is 1. The molecule has 2 N–H and O–H groups in total. The predicted molar refractivity (Wildman–Crippen MR) is 90.8 cm³/mol. The first-order chi connectivity index (χ1) is 10.7. The molecule has 0 saturated heterocycles. The van der Waals surface area contributed by atoms with E-state index in [0.717, 1.165) is 11.3 Å². The molecule has 1 fully saturated rings. The van der Waals surface area contributed by atoms with Gasteiger partial charge in [0.25, 0.3) is 0 Å². The second-order valence-corrected chi connectivity index (χ2v) is 7.53. The molecule has 0 spiro atoms. The molecule has 2 amide bonds. The van der Waals surface area contributed by atoms with Crippen molar-refractivity contribution in [2.24, 2.45) is 23.0 Å². The van der Waals surface area contributed by atoms with Crippen molar-refractivity contribution in [2.45, 2.75) is 40.2 Å². The van der Waals surface area contributed by atoms with E-state index < -0.39 is 11.9 Å². The maximum atomic E-state index is 13.2. The number of nitrogens with zero attached hydrogens (tertiary/aromatic N) is 1. The summed E-state index contributed by atoms with van der Waals surface area (Å²) in [5.74, 6) is -0.287. The molecule has 4 nitrogen and oxygen atoms in total. The van der Waals surface area contributed by atoms with Gasteiger partial charge >= 0.3 is 0 Å². The molecule has 0 bridgehead atoms. The summed E-state index contributed by atoms with van der Waals surface area (Å²) >= 11 is 0. The van der Waals surface area contributed by atoms with Crippen molar-refractivity contribution >= 4 is 17.5 Å². The molecule has 1 aromatic rings. The topological polar surface area (TPSA) is 63.4 Å². The summed E-state index contributed by atoms with van der Waals surface area (Å²) in [7, 11) is 0. The quantitative estimate of drug-likeness (QED) is 0.872. The molecule has 2 aliphatic rings. The van der Waals surface area contributed by atoms with Gasteiger partial charge in [0.2, 0.25) is 11.8 Å². The van der Waals surface area contributed by atoms with Crippen molar-refractivity contribution in [1.82, 2.24) is 0 Å². The standard InChI is InChI=1S/C19H24N2O2/c1-11(2)9-13-16(19(13,3)4)18(23)21-14-8-6-5-7-12(14)10-15(21)17(20)22/h5-9,13,15-16H,10H2,1-4H3,(H2,20,22)/t13-,15-,16-/m0/s1. The number of carbonyl (C=O) groups is 2. The summed E-state index contributed by atoms with van der Waals surface area (Å²) in [6.07, 6.45) is 2.68. The van der Waals surface area contributed by atoms with Crippen LogP contribution in [0.25, 0.3) is 0 Å². The molecule has 1 saturated carbocycles. The lowest BCUT2D eigenvalue weighted by atomic mass is 10.1. The van der Waals surface area contributed by atoms with E-state index in [9.17, 15) is 9.59 Å². The van der Waals surface area contributed by atoms with Gasteiger partial charge in [-0.1, -0.05) is 43.7 Å². The van der Waals surface area contributed by atoms with E-state index in [2.05, 4.69) is 19.9 Å². The largest absolute Gasteiger partial charge is 0.368 e. The van der Waals surface area contributed by atoms with Crippen LogP contribution in [-0.4, -0.2) is 17.9 Å². The number of amides is 2. The SMILES string of the molecule is CC(C)=C[C@H]1[C@@H](C(=O)N2c3ccccc3C[C@H]2C(N)=O)C1(C)C. The number of para-hydroxylation sites is 1. The van der Waals surface area contributed by atoms with Crippen LogP contribution in [-0.2, 0) is 16.0 Å². The Morgan fingerprint density at radius 1 is 1.26 bits per heavy atom. The van der Waals surface area contributed by atoms with E-state index in [1.165, 1.54) is 5.57 Å². The highest BCUT2D eigenvalue weighted by Crippen LogP contribution is 2.60. The van der Waals surface area contributed by atoms with E-state index in [4.69, 9.17) is 5.73 Å². The first-order valence-electron chi connectivity index (χ1n) is 8.10. The van der Waals surface area contributed by atoms with Crippen LogP contribution in [0.5, 0.6) is 0 Å². The van der Waals surface area contributed by atoms with Crippen LogP contribution in [0, 0.1) is 17.3 Å². The van der Waals surface area contributed by atoms with Gasteiger partial charge in [0.05, 0.1) is 5.92 Å². The Hall–Kier alpha value is -2.10. The average Bonchev–Trinajstić information content (AvgIpc) is 2.83. The van der Waals surface area contributed by atoms with Crippen LogP contribution >= 0.6 is 0 Å². The summed E-state index contributed by atoms with van der Waals surface area (Å²) in [6, 6.07) is 7.13. The number of allylic oxidation sites excluding steroid dienone is 2. The Bertz CT molecular complexity index is 701. The van der Waals surface area contributed by atoms with Crippen molar-refractivity contribution < 1.29 is 9.59 Å². The minimum absolute atomic E-state index is 0.0197. The third-order valence-electron chi connectivity index (χ3n) is 5.23. The molecule has 3 atom stereocenters. The molecule has 3 rings (SSSR count). The number of benzene rings is 1. The maximum absolute atomic E-state index is 13.2. The van der Waals surface area contributed by atoms with Crippen LogP contribution < -0.4 is 10.6 Å². The normalized spacial score (nSPS) is 27.3.